The summed E-state index contributed by atoms with van der Waals surface area (Å²) in [7, 11) is 0. The minimum atomic E-state index is -0.147. The summed E-state index contributed by atoms with van der Waals surface area (Å²) >= 11 is 5.90. The Bertz CT molecular complexity index is 980. The van der Waals surface area contributed by atoms with Gasteiger partial charge < -0.3 is 5.32 Å². The number of aromatic amines is 1. The zero-order chi connectivity index (χ0) is 18.8. The summed E-state index contributed by atoms with van der Waals surface area (Å²) < 4.78 is 1.37. The number of benzene rings is 1. The monoisotopic (exact) mass is 386 g/mol. The summed E-state index contributed by atoms with van der Waals surface area (Å²) in [6.45, 7) is 4.55. The molecule has 27 heavy (non-hydrogen) atoms. The molecule has 8 heteroatoms. The number of hydrogen-bond donors (Lipinski definition) is 2. The maximum atomic E-state index is 12.4. The molecule has 7 nitrogen and oxygen atoms in total. The van der Waals surface area contributed by atoms with Crippen LogP contribution in [0, 0.1) is 0 Å². The molecule has 0 amide bonds. The van der Waals surface area contributed by atoms with Crippen LogP contribution in [0.15, 0.2) is 35.1 Å². The zero-order valence-electron chi connectivity index (χ0n) is 15.3. The lowest BCUT2D eigenvalue weighted by molar-refractivity contribution is 0.151. The van der Waals surface area contributed by atoms with Gasteiger partial charge in [0.15, 0.2) is 0 Å². The fourth-order valence-electron chi connectivity index (χ4n) is 3.48. The average Bonchev–Trinajstić information content (AvgIpc) is 3.07. The van der Waals surface area contributed by atoms with Crippen molar-refractivity contribution in [2.45, 2.75) is 45.3 Å². The van der Waals surface area contributed by atoms with Crippen LogP contribution < -0.4 is 10.9 Å². The highest BCUT2D eigenvalue weighted by molar-refractivity contribution is 6.30. The predicted molar refractivity (Wildman–Crippen MR) is 106 cm³/mol. The first-order chi connectivity index (χ1) is 13.1. The second-order valence-electron chi connectivity index (χ2n) is 7.09. The SMILES string of the molecule is CC1CCCCN1Cc1cc(=O)n2[nH]c(NCc3ccc(Cl)cc3)nc2n1. The van der Waals surface area contributed by atoms with E-state index in [-0.39, 0.29) is 5.56 Å². The van der Waals surface area contributed by atoms with Gasteiger partial charge in [0.2, 0.25) is 5.95 Å². The smallest absolute Gasteiger partial charge is 0.274 e. The largest absolute Gasteiger partial charge is 0.351 e. The number of nitrogens with zero attached hydrogens (tertiary/aromatic N) is 4. The molecule has 1 unspecified atom stereocenters. The molecule has 1 fully saturated rings. The van der Waals surface area contributed by atoms with E-state index in [9.17, 15) is 4.79 Å². The molecule has 0 bridgehead atoms. The number of rotatable bonds is 5. The molecule has 1 aliphatic heterocycles. The third-order valence-electron chi connectivity index (χ3n) is 5.06. The molecule has 2 N–H and O–H groups in total. The van der Waals surface area contributed by atoms with Gasteiger partial charge in [0.1, 0.15) is 0 Å². The standard InChI is InChI=1S/C19H23ClN6O/c1-13-4-2-3-9-25(13)12-16-10-17(27)26-19(22-16)23-18(24-26)21-11-14-5-7-15(20)8-6-14/h5-8,10,13H,2-4,9,11-12H2,1H3,(H2,21,22,23,24). The third kappa shape index (κ3) is 4.14. The molecule has 4 rings (SSSR count). The molecule has 0 saturated carbocycles. The summed E-state index contributed by atoms with van der Waals surface area (Å²) in [5.74, 6) is 0.902. The molecule has 1 saturated heterocycles. The normalized spacial score (nSPS) is 18.1. The van der Waals surface area contributed by atoms with Gasteiger partial charge in [0, 0.05) is 30.2 Å². The Hall–Kier alpha value is -2.38. The topological polar surface area (TPSA) is 78.3 Å². The van der Waals surface area contributed by atoms with E-state index in [1.54, 1.807) is 6.07 Å². The minimum Gasteiger partial charge on any atom is -0.351 e. The van der Waals surface area contributed by atoms with Crippen LogP contribution in [0.3, 0.4) is 0 Å². The van der Waals surface area contributed by atoms with Crippen molar-refractivity contribution in [2.24, 2.45) is 0 Å². The van der Waals surface area contributed by atoms with Gasteiger partial charge >= 0.3 is 0 Å². The van der Waals surface area contributed by atoms with E-state index in [0.29, 0.717) is 35.9 Å². The maximum Gasteiger partial charge on any atom is 0.274 e. The Balaban J connectivity index is 1.50. The number of hydrogen-bond acceptors (Lipinski definition) is 5. The second-order valence-corrected chi connectivity index (χ2v) is 7.53. The number of nitrogens with one attached hydrogen (secondary N) is 2. The summed E-state index contributed by atoms with van der Waals surface area (Å²) in [6.07, 6.45) is 3.67. The van der Waals surface area contributed by atoms with Crippen LogP contribution in [-0.4, -0.2) is 37.1 Å². The van der Waals surface area contributed by atoms with Crippen molar-refractivity contribution in [2.75, 3.05) is 11.9 Å². The molecule has 3 aromatic rings. The Labute approximate surface area is 162 Å². The lowest BCUT2D eigenvalue weighted by Gasteiger charge is -2.32. The molecular formula is C19H23ClN6O. The molecule has 1 aromatic carbocycles. The van der Waals surface area contributed by atoms with E-state index in [4.69, 9.17) is 11.6 Å². The first-order valence-corrected chi connectivity index (χ1v) is 9.67. The maximum absolute atomic E-state index is 12.4. The number of fused-ring (bicyclic) bond motifs is 1. The van der Waals surface area contributed by atoms with Gasteiger partial charge in [-0.1, -0.05) is 30.2 Å². The van der Waals surface area contributed by atoms with E-state index in [1.165, 1.54) is 23.8 Å². The van der Waals surface area contributed by atoms with Crippen LogP contribution in [0.4, 0.5) is 5.95 Å². The van der Waals surface area contributed by atoms with E-state index in [0.717, 1.165) is 17.8 Å². The van der Waals surface area contributed by atoms with Crippen molar-refractivity contribution < 1.29 is 0 Å². The van der Waals surface area contributed by atoms with Gasteiger partial charge in [0.25, 0.3) is 11.3 Å². The van der Waals surface area contributed by atoms with Crippen LogP contribution in [-0.2, 0) is 13.1 Å². The number of piperidine rings is 1. The van der Waals surface area contributed by atoms with E-state index in [1.807, 2.05) is 24.3 Å². The van der Waals surface area contributed by atoms with Crippen molar-refractivity contribution >= 4 is 23.3 Å². The van der Waals surface area contributed by atoms with Crippen LogP contribution in [0.1, 0.15) is 37.4 Å². The molecule has 142 valence electrons. The molecule has 1 atom stereocenters. The lowest BCUT2D eigenvalue weighted by atomic mass is 10.0. The van der Waals surface area contributed by atoms with Crippen LogP contribution in [0.2, 0.25) is 5.02 Å². The fourth-order valence-corrected chi connectivity index (χ4v) is 3.60. The Morgan fingerprint density at radius 2 is 2.07 bits per heavy atom. The Morgan fingerprint density at radius 3 is 2.85 bits per heavy atom. The first-order valence-electron chi connectivity index (χ1n) is 9.29. The molecular weight excluding hydrogens is 364 g/mol. The number of likely N-dealkylation sites (tertiary alicyclic amines) is 1. The van der Waals surface area contributed by atoms with E-state index >= 15 is 0 Å². The summed E-state index contributed by atoms with van der Waals surface area (Å²) in [4.78, 5) is 23.8. The number of aromatic nitrogens is 4. The van der Waals surface area contributed by atoms with Gasteiger partial charge in [-0.25, -0.2) is 4.98 Å². The molecule has 3 heterocycles. The second kappa shape index (κ2) is 7.70. The van der Waals surface area contributed by atoms with Crippen molar-refractivity contribution in [3.8, 4) is 0 Å². The van der Waals surface area contributed by atoms with Gasteiger partial charge in [-0.15, -0.1) is 0 Å². The van der Waals surface area contributed by atoms with Crippen molar-refractivity contribution in [3.63, 3.8) is 0 Å². The Kier molecular flexibility index (Phi) is 5.13. The molecule has 0 aliphatic carbocycles. The van der Waals surface area contributed by atoms with E-state index < -0.39 is 0 Å². The van der Waals surface area contributed by atoms with Crippen molar-refractivity contribution in [1.82, 2.24) is 24.5 Å². The van der Waals surface area contributed by atoms with Crippen LogP contribution >= 0.6 is 11.6 Å². The highest BCUT2D eigenvalue weighted by Gasteiger charge is 2.19. The number of halogens is 1. The van der Waals surface area contributed by atoms with Crippen molar-refractivity contribution in [1.29, 1.82) is 0 Å². The number of H-pyrrole nitrogens is 1. The summed E-state index contributed by atoms with van der Waals surface area (Å²) in [5.41, 5.74) is 1.69. The van der Waals surface area contributed by atoms with Gasteiger partial charge in [-0.05, 0) is 44.0 Å². The van der Waals surface area contributed by atoms with Gasteiger partial charge in [-0.3, -0.25) is 14.8 Å². The summed E-state index contributed by atoms with van der Waals surface area (Å²) in [6, 6.07) is 9.69. The first kappa shape index (κ1) is 18.0. The molecule has 0 radical (unpaired) electrons. The quantitative estimate of drug-likeness (QED) is 0.704. The highest BCUT2D eigenvalue weighted by Crippen LogP contribution is 2.18. The van der Waals surface area contributed by atoms with Crippen LogP contribution in [0.5, 0.6) is 0 Å². The molecule has 2 aromatic heterocycles. The van der Waals surface area contributed by atoms with Crippen molar-refractivity contribution in [3.05, 3.63) is 57.0 Å². The fraction of sp³-hybridized carbons (Fsp3) is 0.421. The van der Waals surface area contributed by atoms with Gasteiger partial charge in [0.05, 0.1) is 5.69 Å². The predicted octanol–water partition coefficient (Wildman–Crippen LogP) is 3.06. The third-order valence-corrected chi connectivity index (χ3v) is 5.31. The molecule has 1 aliphatic rings. The summed E-state index contributed by atoms with van der Waals surface area (Å²) in [5, 5.41) is 6.85. The lowest BCUT2D eigenvalue weighted by Crippen LogP contribution is -2.37. The molecule has 0 spiro atoms. The number of anilines is 1. The van der Waals surface area contributed by atoms with Crippen LogP contribution in [0.25, 0.3) is 5.78 Å². The van der Waals surface area contributed by atoms with E-state index in [2.05, 4.69) is 32.2 Å². The van der Waals surface area contributed by atoms with Gasteiger partial charge in [-0.2, -0.15) is 9.50 Å². The average molecular weight is 387 g/mol. The minimum absolute atomic E-state index is 0.147. The Morgan fingerprint density at radius 1 is 1.26 bits per heavy atom. The zero-order valence-corrected chi connectivity index (χ0v) is 16.0. The highest BCUT2D eigenvalue weighted by atomic mass is 35.5.